The van der Waals surface area contributed by atoms with Crippen LogP contribution >= 0.6 is 11.3 Å². The van der Waals surface area contributed by atoms with Gasteiger partial charge in [-0.15, -0.1) is 11.3 Å². The fraction of sp³-hybridized carbons (Fsp3) is 0.630. The van der Waals surface area contributed by atoms with Gasteiger partial charge in [-0.2, -0.15) is 0 Å². The van der Waals surface area contributed by atoms with Crippen molar-refractivity contribution in [2.45, 2.75) is 69.9 Å². The van der Waals surface area contributed by atoms with E-state index in [1.54, 1.807) is 11.3 Å². The second kappa shape index (κ2) is 10.1. The van der Waals surface area contributed by atoms with Crippen molar-refractivity contribution in [2.75, 3.05) is 39.4 Å². The number of morpholine rings is 1. The van der Waals surface area contributed by atoms with Crippen molar-refractivity contribution in [3.05, 3.63) is 40.0 Å². The Morgan fingerprint density at radius 2 is 1.86 bits per heavy atom. The van der Waals surface area contributed by atoms with E-state index in [1.165, 1.54) is 23.3 Å². The molecule has 1 saturated heterocycles. The lowest BCUT2D eigenvalue weighted by molar-refractivity contribution is -0.127. The summed E-state index contributed by atoms with van der Waals surface area (Å²) in [5.74, 6) is -0.00338. The number of carbonyl (C=O) groups excluding carboxylic acids is 2. The van der Waals surface area contributed by atoms with Gasteiger partial charge in [-0.3, -0.25) is 14.5 Å². The summed E-state index contributed by atoms with van der Waals surface area (Å²) >= 11 is 1.76. The fourth-order valence-corrected chi connectivity index (χ4v) is 7.66. The minimum absolute atomic E-state index is 0.0279. The molecule has 4 heterocycles. The van der Waals surface area contributed by atoms with Crippen LogP contribution in [0, 0.1) is 0 Å². The maximum absolute atomic E-state index is 14.3. The predicted molar refractivity (Wildman–Crippen MR) is 136 cm³/mol. The molecule has 2 aliphatic heterocycles. The number of amides is 2. The molecule has 7 nitrogen and oxygen atoms in total. The molecule has 4 aliphatic rings. The van der Waals surface area contributed by atoms with Gasteiger partial charge >= 0.3 is 0 Å². The summed E-state index contributed by atoms with van der Waals surface area (Å²) in [6.45, 7) is 4.49. The van der Waals surface area contributed by atoms with Gasteiger partial charge in [0.05, 0.1) is 24.5 Å². The van der Waals surface area contributed by atoms with Crippen LogP contribution in [0.25, 0.3) is 5.00 Å². The van der Waals surface area contributed by atoms with Gasteiger partial charge in [0.1, 0.15) is 5.00 Å². The summed E-state index contributed by atoms with van der Waals surface area (Å²) in [5.41, 5.74) is 2.98. The highest BCUT2D eigenvalue weighted by Crippen LogP contribution is 2.42. The number of aryl methyl sites for hydroxylation is 1. The van der Waals surface area contributed by atoms with Crippen molar-refractivity contribution in [1.82, 2.24) is 19.7 Å². The highest BCUT2D eigenvalue weighted by molar-refractivity contribution is 7.15. The third-order valence-electron chi connectivity index (χ3n) is 8.18. The van der Waals surface area contributed by atoms with E-state index in [4.69, 9.17) is 4.74 Å². The standard InChI is InChI=1S/C27H36N4O3S/c32-25(28-19-7-2-1-3-8-19)24-21-10-6-12-30(21)27-23(20-9-4-5-11-22(20)35-27)26(33)31(24)14-13-29-15-17-34-18-16-29/h6,10,12,19,24H,1-5,7-9,11,13-18H2,(H,28,32). The first-order chi connectivity index (χ1) is 17.2. The van der Waals surface area contributed by atoms with Gasteiger partial charge in [-0.1, -0.05) is 19.3 Å². The van der Waals surface area contributed by atoms with Gasteiger partial charge in [-0.25, -0.2) is 0 Å². The predicted octanol–water partition coefficient (Wildman–Crippen LogP) is 3.70. The molecule has 0 radical (unpaired) electrons. The number of ether oxygens (including phenoxy) is 1. The maximum Gasteiger partial charge on any atom is 0.258 e. The lowest BCUT2D eigenvalue weighted by atomic mass is 9.94. The van der Waals surface area contributed by atoms with Crippen molar-refractivity contribution in [3.8, 4) is 5.00 Å². The monoisotopic (exact) mass is 496 g/mol. The highest BCUT2D eigenvalue weighted by Gasteiger charge is 2.41. The SMILES string of the molecule is O=C(NC1CCCCC1)C1c2cccn2-c2sc3c(c2C(=O)N1CCN1CCOCC1)CCCC3. The lowest BCUT2D eigenvalue weighted by Gasteiger charge is -2.34. The van der Waals surface area contributed by atoms with Crippen LogP contribution in [-0.2, 0) is 22.4 Å². The van der Waals surface area contributed by atoms with Crippen LogP contribution in [0.5, 0.6) is 0 Å². The lowest BCUT2D eigenvalue weighted by Crippen LogP contribution is -2.49. The van der Waals surface area contributed by atoms with Gasteiger partial charge in [0.2, 0.25) is 5.91 Å². The molecule has 2 aromatic rings. The molecule has 6 rings (SSSR count). The largest absolute Gasteiger partial charge is 0.379 e. The molecule has 2 aliphatic carbocycles. The van der Waals surface area contributed by atoms with Crippen LogP contribution in [0.15, 0.2) is 18.3 Å². The Bertz CT molecular complexity index is 1080. The Morgan fingerprint density at radius 1 is 1.06 bits per heavy atom. The molecule has 0 bridgehead atoms. The van der Waals surface area contributed by atoms with Crippen molar-refractivity contribution < 1.29 is 14.3 Å². The zero-order valence-electron chi connectivity index (χ0n) is 20.5. The first-order valence-electron chi connectivity index (χ1n) is 13.4. The van der Waals surface area contributed by atoms with E-state index in [1.807, 2.05) is 23.2 Å². The number of hydrogen-bond acceptors (Lipinski definition) is 5. The molecular formula is C27H36N4O3S. The van der Waals surface area contributed by atoms with E-state index in [0.717, 1.165) is 94.1 Å². The molecule has 0 spiro atoms. The number of aromatic nitrogens is 1. The molecule has 1 unspecified atom stereocenters. The van der Waals surface area contributed by atoms with Crippen LogP contribution in [0.2, 0.25) is 0 Å². The van der Waals surface area contributed by atoms with E-state index in [0.29, 0.717) is 6.54 Å². The number of carbonyl (C=O) groups is 2. The number of hydrogen-bond donors (Lipinski definition) is 1. The molecule has 2 aromatic heterocycles. The molecule has 2 fully saturated rings. The number of fused-ring (bicyclic) bond motifs is 5. The van der Waals surface area contributed by atoms with Gasteiger partial charge in [0.25, 0.3) is 5.91 Å². The number of nitrogens with one attached hydrogen (secondary N) is 1. The summed E-state index contributed by atoms with van der Waals surface area (Å²) in [5, 5.41) is 4.35. The fourth-order valence-electron chi connectivity index (χ4n) is 6.27. The minimum atomic E-state index is -0.612. The summed E-state index contributed by atoms with van der Waals surface area (Å²) in [6.07, 6.45) is 12.0. The first-order valence-corrected chi connectivity index (χ1v) is 14.3. The van der Waals surface area contributed by atoms with E-state index >= 15 is 0 Å². The van der Waals surface area contributed by atoms with Gasteiger partial charge in [-0.05, 0) is 56.2 Å². The van der Waals surface area contributed by atoms with E-state index in [-0.39, 0.29) is 17.9 Å². The topological polar surface area (TPSA) is 66.8 Å². The van der Waals surface area contributed by atoms with Crippen LogP contribution in [0.3, 0.4) is 0 Å². The molecule has 1 atom stereocenters. The molecular weight excluding hydrogens is 460 g/mol. The number of thiophene rings is 1. The molecule has 1 saturated carbocycles. The smallest absolute Gasteiger partial charge is 0.258 e. The van der Waals surface area contributed by atoms with Crippen molar-refractivity contribution in [2.24, 2.45) is 0 Å². The van der Waals surface area contributed by atoms with Gasteiger partial charge in [0.15, 0.2) is 6.04 Å². The van der Waals surface area contributed by atoms with Crippen LogP contribution in [0.1, 0.15) is 77.5 Å². The molecule has 35 heavy (non-hydrogen) atoms. The summed E-state index contributed by atoms with van der Waals surface area (Å²) in [6, 6.07) is 3.66. The number of nitrogens with zero attached hydrogens (tertiary/aromatic N) is 3. The summed E-state index contributed by atoms with van der Waals surface area (Å²) < 4.78 is 7.66. The second-order valence-electron chi connectivity index (χ2n) is 10.4. The molecule has 0 aromatic carbocycles. The van der Waals surface area contributed by atoms with Crippen LogP contribution in [0.4, 0.5) is 0 Å². The van der Waals surface area contributed by atoms with Crippen molar-refractivity contribution in [3.63, 3.8) is 0 Å². The Morgan fingerprint density at radius 3 is 2.69 bits per heavy atom. The Labute approximate surface area is 211 Å². The quantitative estimate of drug-likeness (QED) is 0.686. The zero-order valence-corrected chi connectivity index (χ0v) is 21.3. The van der Waals surface area contributed by atoms with E-state index in [2.05, 4.69) is 14.8 Å². The number of rotatable bonds is 5. The molecule has 2 amide bonds. The molecule has 1 N–H and O–H groups in total. The Balaban J connectivity index is 1.38. The van der Waals surface area contributed by atoms with Crippen molar-refractivity contribution >= 4 is 23.2 Å². The minimum Gasteiger partial charge on any atom is -0.379 e. The summed E-state index contributed by atoms with van der Waals surface area (Å²) in [4.78, 5) is 33.8. The average Bonchev–Trinajstić information content (AvgIpc) is 3.50. The maximum atomic E-state index is 14.3. The first kappa shape index (κ1) is 23.3. The van der Waals surface area contributed by atoms with Crippen molar-refractivity contribution in [1.29, 1.82) is 0 Å². The molecule has 188 valence electrons. The zero-order chi connectivity index (χ0) is 23.8. The third kappa shape index (κ3) is 4.45. The van der Waals surface area contributed by atoms with Gasteiger partial charge in [0, 0.05) is 43.3 Å². The van der Waals surface area contributed by atoms with Crippen LogP contribution in [-0.4, -0.2) is 71.6 Å². The summed E-state index contributed by atoms with van der Waals surface area (Å²) in [7, 11) is 0. The molecule has 8 heteroatoms. The highest BCUT2D eigenvalue weighted by atomic mass is 32.1. The second-order valence-corrected chi connectivity index (χ2v) is 11.5. The van der Waals surface area contributed by atoms with E-state index < -0.39 is 6.04 Å². The normalized spacial score (nSPS) is 23.4. The van der Waals surface area contributed by atoms with Gasteiger partial charge < -0.3 is 19.5 Å². The Kier molecular flexibility index (Phi) is 6.69. The van der Waals surface area contributed by atoms with E-state index in [9.17, 15) is 9.59 Å². The Hall–Kier alpha value is -2.16. The van der Waals surface area contributed by atoms with Crippen LogP contribution < -0.4 is 5.32 Å². The average molecular weight is 497 g/mol. The third-order valence-corrected chi connectivity index (χ3v) is 9.47.